The number of ether oxygens (including phenoxy) is 1. The summed E-state index contributed by atoms with van der Waals surface area (Å²) in [6.07, 6.45) is 1.42. The standard InChI is InChI=1S/C33H43F3N8O3/c1-31(2,3)23-10-13-42(18-23)29(45)38-16-22-8-7-21(15-26(22)33(34,35)36)27-9-12-37-28(41-27)40-24-17-39-44(19-24)25-11-14-43(20-25)30(46)47-32(4,5)6/h7-9,12,15,17,19,23,25H,10-11,13-14,16,18,20H2,1-6H3,(H,38,45)(H,37,40,41)/t23?,25-/m0/s1. The number of halogens is 3. The van der Waals surface area contributed by atoms with Gasteiger partial charge in [-0.05, 0) is 62.6 Å². The van der Waals surface area contributed by atoms with Crippen molar-refractivity contribution in [3.8, 4) is 11.3 Å². The highest BCUT2D eigenvalue weighted by atomic mass is 19.4. The largest absolute Gasteiger partial charge is 0.444 e. The molecule has 1 aromatic carbocycles. The van der Waals surface area contributed by atoms with Crippen LogP contribution in [0.2, 0.25) is 0 Å². The van der Waals surface area contributed by atoms with Crippen LogP contribution in [0.1, 0.15) is 71.6 Å². The van der Waals surface area contributed by atoms with E-state index in [9.17, 15) is 22.8 Å². The van der Waals surface area contributed by atoms with E-state index in [-0.39, 0.29) is 47.2 Å². The molecule has 0 saturated carbocycles. The van der Waals surface area contributed by atoms with Gasteiger partial charge in [0.15, 0.2) is 0 Å². The molecular weight excluding hydrogens is 613 g/mol. The van der Waals surface area contributed by atoms with Gasteiger partial charge in [-0.1, -0.05) is 32.9 Å². The summed E-state index contributed by atoms with van der Waals surface area (Å²) in [5.41, 5.74) is -0.251. The van der Waals surface area contributed by atoms with Crippen molar-refractivity contribution in [3.63, 3.8) is 0 Å². The summed E-state index contributed by atoms with van der Waals surface area (Å²) in [6.45, 7) is 13.8. The van der Waals surface area contributed by atoms with Gasteiger partial charge in [0.25, 0.3) is 0 Å². The number of rotatable bonds is 6. The maximum Gasteiger partial charge on any atom is 0.416 e. The minimum atomic E-state index is -4.64. The smallest absolute Gasteiger partial charge is 0.416 e. The van der Waals surface area contributed by atoms with E-state index in [1.54, 1.807) is 32.9 Å². The number of carbonyl (C=O) groups is 2. The molecule has 2 aliphatic heterocycles. The van der Waals surface area contributed by atoms with Crippen LogP contribution in [0.5, 0.6) is 0 Å². The zero-order valence-corrected chi connectivity index (χ0v) is 27.7. The van der Waals surface area contributed by atoms with Crippen LogP contribution in [0.25, 0.3) is 11.3 Å². The Morgan fingerprint density at radius 2 is 1.74 bits per heavy atom. The Hall–Kier alpha value is -4.36. The number of hydrogen-bond donors (Lipinski definition) is 2. The molecule has 2 atom stereocenters. The number of nitrogens with zero attached hydrogens (tertiary/aromatic N) is 6. The summed E-state index contributed by atoms with van der Waals surface area (Å²) in [4.78, 5) is 37.2. The van der Waals surface area contributed by atoms with Crippen molar-refractivity contribution in [1.29, 1.82) is 0 Å². The van der Waals surface area contributed by atoms with Crippen LogP contribution in [0.3, 0.4) is 0 Å². The van der Waals surface area contributed by atoms with Crippen molar-refractivity contribution in [2.24, 2.45) is 11.3 Å². The summed E-state index contributed by atoms with van der Waals surface area (Å²) < 4.78 is 49.8. The number of aromatic nitrogens is 4. The van der Waals surface area contributed by atoms with Crippen molar-refractivity contribution >= 4 is 23.8 Å². The highest BCUT2D eigenvalue weighted by molar-refractivity contribution is 5.74. The van der Waals surface area contributed by atoms with Gasteiger partial charge in [0.2, 0.25) is 5.95 Å². The van der Waals surface area contributed by atoms with E-state index in [2.05, 4.69) is 46.5 Å². The molecule has 3 aromatic rings. The van der Waals surface area contributed by atoms with Crippen molar-refractivity contribution < 1.29 is 27.5 Å². The van der Waals surface area contributed by atoms with Gasteiger partial charge in [-0.25, -0.2) is 19.6 Å². The van der Waals surface area contributed by atoms with Crippen molar-refractivity contribution in [3.05, 3.63) is 54.0 Å². The lowest BCUT2D eigenvalue weighted by Crippen LogP contribution is -2.39. The topological polar surface area (TPSA) is 118 Å². The van der Waals surface area contributed by atoms with Crippen LogP contribution in [-0.4, -0.2) is 73.5 Å². The first-order valence-corrected chi connectivity index (χ1v) is 15.8. The molecule has 2 saturated heterocycles. The average molecular weight is 657 g/mol. The van der Waals surface area contributed by atoms with E-state index in [0.717, 1.165) is 12.5 Å². The lowest BCUT2D eigenvalue weighted by Gasteiger charge is -2.27. The minimum Gasteiger partial charge on any atom is -0.444 e. The molecule has 14 heteroatoms. The van der Waals surface area contributed by atoms with E-state index in [1.165, 1.54) is 18.3 Å². The van der Waals surface area contributed by atoms with Gasteiger partial charge in [-0.3, -0.25) is 4.68 Å². The lowest BCUT2D eigenvalue weighted by atomic mass is 9.80. The van der Waals surface area contributed by atoms with Gasteiger partial charge in [0, 0.05) is 50.7 Å². The fourth-order valence-electron chi connectivity index (χ4n) is 5.85. The Balaban J connectivity index is 1.24. The normalized spacial score (nSPS) is 18.8. The van der Waals surface area contributed by atoms with Gasteiger partial charge in [0.1, 0.15) is 5.60 Å². The third kappa shape index (κ3) is 8.52. The van der Waals surface area contributed by atoms with Crippen LogP contribution < -0.4 is 10.6 Å². The molecule has 11 nitrogen and oxygen atoms in total. The molecule has 4 heterocycles. The summed E-state index contributed by atoms with van der Waals surface area (Å²) in [7, 11) is 0. The van der Waals surface area contributed by atoms with Crippen molar-refractivity contribution in [2.45, 2.75) is 78.7 Å². The van der Waals surface area contributed by atoms with Gasteiger partial charge < -0.3 is 25.2 Å². The third-order valence-electron chi connectivity index (χ3n) is 8.54. The molecular formula is C33H43F3N8O3. The van der Waals surface area contributed by atoms with Gasteiger partial charge in [-0.15, -0.1) is 0 Å². The second kappa shape index (κ2) is 13.0. The first-order chi connectivity index (χ1) is 22.0. The number of carbonyl (C=O) groups excluding carboxylic acids is 2. The van der Waals surface area contributed by atoms with Crippen LogP contribution in [0, 0.1) is 11.3 Å². The maximum absolute atomic E-state index is 14.2. The van der Waals surface area contributed by atoms with Crippen molar-refractivity contribution in [2.75, 3.05) is 31.5 Å². The molecule has 2 aliphatic rings. The van der Waals surface area contributed by atoms with Crippen LogP contribution >= 0.6 is 0 Å². The number of urea groups is 1. The molecule has 2 aromatic heterocycles. The maximum atomic E-state index is 14.2. The molecule has 0 radical (unpaired) electrons. The highest BCUT2D eigenvalue weighted by Crippen LogP contribution is 2.36. The summed E-state index contributed by atoms with van der Waals surface area (Å²) in [5.74, 6) is 0.527. The minimum absolute atomic E-state index is 0.0295. The predicted molar refractivity (Wildman–Crippen MR) is 171 cm³/mol. The van der Waals surface area contributed by atoms with E-state index < -0.39 is 17.3 Å². The second-order valence-electron chi connectivity index (χ2n) is 14.3. The number of alkyl halides is 3. The fourth-order valence-corrected chi connectivity index (χ4v) is 5.85. The summed E-state index contributed by atoms with van der Waals surface area (Å²) in [5, 5.41) is 10.2. The summed E-state index contributed by atoms with van der Waals surface area (Å²) in [6, 6.07) is 5.12. The Kier molecular flexibility index (Phi) is 9.43. The second-order valence-corrected chi connectivity index (χ2v) is 14.3. The molecule has 2 fully saturated rings. The van der Waals surface area contributed by atoms with Gasteiger partial charge in [0.05, 0.1) is 29.2 Å². The molecule has 3 amide bonds. The van der Waals surface area contributed by atoms with Crippen LogP contribution in [-0.2, 0) is 17.5 Å². The van der Waals surface area contributed by atoms with Gasteiger partial charge in [-0.2, -0.15) is 18.3 Å². The Labute approximate surface area is 272 Å². The zero-order valence-electron chi connectivity index (χ0n) is 27.7. The van der Waals surface area contributed by atoms with Crippen LogP contribution in [0.4, 0.5) is 34.4 Å². The molecule has 2 N–H and O–H groups in total. The molecule has 0 aliphatic carbocycles. The van der Waals surface area contributed by atoms with Gasteiger partial charge >= 0.3 is 18.3 Å². The van der Waals surface area contributed by atoms with E-state index in [0.29, 0.717) is 49.9 Å². The lowest BCUT2D eigenvalue weighted by molar-refractivity contribution is -0.138. The molecule has 254 valence electrons. The fraction of sp³-hybridized carbons (Fsp3) is 0.545. The number of hydrogen-bond acceptors (Lipinski definition) is 7. The zero-order chi connectivity index (χ0) is 34.1. The Morgan fingerprint density at radius 1 is 1.00 bits per heavy atom. The van der Waals surface area contributed by atoms with E-state index in [4.69, 9.17) is 4.74 Å². The quantitative estimate of drug-likeness (QED) is 0.298. The predicted octanol–water partition coefficient (Wildman–Crippen LogP) is 6.86. The number of amides is 3. The number of benzene rings is 1. The molecule has 0 spiro atoms. The highest BCUT2D eigenvalue weighted by Gasteiger charge is 2.36. The number of likely N-dealkylation sites (tertiary alicyclic amines) is 2. The molecule has 0 bridgehead atoms. The van der Waals surface area contributed by atoms with Crippen LogP contribution in [0.15, 0.2) is 42.9 Å². The molecule has 1 unspecified atom stereocenters. The number of nitrogens with one attached hydrogen (secondary N) is 2. The van der Waals surface area contributed by atoms with E-state index in [1.807, 2.05) is 20.8 Å². The SMILES string of the molecule is CC(C)(C)OC(=O)N1CC[C@H](n2cc(Nc3nccc(-c4ccc(CNC(=O)N5CCC(C(C)(C)C)C5)c(C(F)(F)F)c4)n3)cn2)C1. The first-order valence-electron chi connectivity index (χ1n) is 15.8. The third-order valence-corrected chi connectivity index (χ3v) is 8.54. The van der Waals surface area contributed by atoms with Crippen molar-refractivity contribution in [1.82, 2.24) is 34.9 Å². The summed E-state index contributed by atoms with van der Waals surface area (Å²) >= 11 is 0. The first kappa shape index (κ1) is 34.0. The van der Waals surface area contributed by atoms with E-state index >= 15 is 0 Å². The monoisotopic (exact) mass is 656 g/mol. The Bertz CT molecular complexity index is 1590. The average Bonchev–Trinajstić information content (AvgIpc) is 3.75. The molecule has 47 heavy (non-hydrogen) atoms. The Morgan fingerprint density at radius 3 is 2.43 bits per heavy atom. The molecule has 5 rings (SSSR count). The number of anilines is 2.